The summed E-state index contributed by atoms with van der Waals surface area (Å²) >= 11 is 0. The first-order valence-corrected chi connectivity index (χ1v) is 9.63. The molecule has 0 aliphatic rings. The van der Waals surface area contributed by atoms with E-state index < -0.39 is 28.9 Å². The number of rotatable bonds is 10. The van der Waals surface area contributed by atoms with Crippen molar-refractivity contribution in [1.82, 2.24) is 0 Å². The van der Waals surface area contributed by atoms with Gasteiger partial charge in [0.05, 0.1) is 36.9 Å². The normalized spacial score (nSPS) is 13.6. The Morgan fingerprint density at radius 1 is 1.11 bits per heavy atom. The Kier molecular flexibility index (Phi) is 7.78. The van der Waals surface area contributed by atoms with Gasteiger partial charge < -0.3 is 9.84 Å². The van der Waals surface area contributed by atoms with Crippen LogP contribution in [0.2, 0.25) is 0 Å². The number of aryl methyl sites for hydroxylation is 1. The SMILES string of the molecule is Cc1ccc(S(=O)(=O)OC[C@H](O)[C@@H](COCc2ccccc2)N=[N+]=[N-])cc1. The molecule has 0 unspecified atom stereocenters. The number of benzene rings is 2. The lowest BCUT2D eigenvalue weighted by Gasteiger charge is -2.18. The molecule has 2 rings (SSSR count). The summed E-state index contributed by atoms with van der Waals surface area (Å²) in [4.78, 5) is 2.66. The van der Waals surface area contributed by atoms with Crippen LogP contribution in [0.25, 0.3) is 10.4 Å². The van der Waals surface area contributed by atoms with Crippen molar-refractivity contribution in [2.75, 3.05) is 13.2 Å². The molecule has 8 nitrogen and oxygen atoms in total. The first-order valence-electron chi connectivity index (χ1n) is 8.22. The van der Waals surface area contributed by atoms with Gasteiger partial charge in [-0.3, -0.25) is 4.18 Å². The quantitative estimate of drug-likeness (QED) is 0.289. The third-order valence-electron chi connectivity index (χ3n) is 3.75. The monoisotopic (exact) mass is 391 g/mol. The summed E-state index contributed by atoms with van der Waals surface area (Å²) in [6, 6.07) is 14.5. The van der Waals surface area contributed by atoms with Crippen molar-refractivity contribution in [1.29, 1.82) is 0 Å². The van der Waals surface area contributed by atoms with Crippen LogP contribution in [0.15, 0.2) is 64.6 Å². The van der Waals surface area contributed by atoms with Crippen LogP contribution < -0.4 is 0 Å². The summed E-state index contributed by atoms with van der Waals surface area (Å²) in [5.41, 5.74) is 10.5. The molecule has 2 aromatic rings. The number of aliphatic hydroxyl groups is 1. The van der Waals surface area contributed by atoms with Crippen LogP contribution in [0.5, 0.6) is 0 Å². The minimum absolute atomic E-state index is 0.0130. The highest BCUT2D eigenvalue weighted by atomic mass is 32.2. The zero-order valence-corrected chi connectivity index (χ0v) is 15.6. The van der Waals surface area contributed by atoms with Gasteiger partial charge in [-0.25, -0.2) is 0 Å². The number of azide groups is 1. The lowest BCUT2D eigenvalue weighted by molar-refractivity contribution is 0.0336. The first-order chi connectivity index (χ1) is 12.9. The standard InChI is InChI=1S/C18H21N3O5S/c1-14-7-9-16(10-8-14)27(23,24)26-13-18(22)17(20-21-19)12-25-11-15-5-3-2-4-6-15/h2-10,17-18,22H,11-13H2,1H3/t17-,18+/m1/s1. The number of hydrogen-bond acceptors (Lipinski definition) is 6. The maximum Gasteiger partial charge on any atom is 0.297 e. The van der Waals surface area contributed by atoms with Gasteiger partial charge in [0.1, 0.15) is 0 Å². The summed E-state index contributed by atoms with van der Waals surface area (Å²) in [7, 11) is -4.02. The van der Waals surface area contributed by atoms with Crippen LogP contribution in [0.3, 0.4) is 0 Å². The second-order valence-electron chi connectivity index (χ2n) is 5.89. The maximum absolute atomic E-state index is 12.2. The van der Waals surface area contributed by atoms with Crippen LogP contribution in [0.4, 0.5) is 0 Å². The second kappa shape index (κ2) is 10.1. The van der Waals surface area contributed by atoms with Gasteiger partial charge in [-0.05, 0) is 30.2 Å². The van der Waals surface area contributed by atoms with Crippen molar-refractivity contribution >= 4 is 10.1 Å². The van der Waals surface area contributed by atoms with Crippen molar-refractivity contribution in [3.63, 3.8) is 0 Å². The number of nitrogens with zero attached hydrogens (tertiary/aromatic N) is 3. The Balaban J connectivity index is 1.90. The van der Waals surface area contributed by atoms with Crippen molar-refractivity contribution < 1.29 is 22.4 Å². The topological polar surface area (TPSA) is 122 Å². The van der Waals surface area contributed by atoms with Crippen molar-refractivity contribution in [3.05, 3.63) is 76.2 Å². The van der Waals surface area contributed by atoms with Crippen molar-refractivity contribution in [3.8, 4) is 0 Å². The van der Waals surface area contributed by atoms with Gasteiger partial charge in [-0.1, -0.05) is 53.1 Å². The zero-order valence-electron chi connectivity index (χ0n) is 14.8. The molecular weight excluding hydrogens is 370 g/mol. The average molecular weight is 391 g/mol. The number of hydrogen-bond donors (Lipinski definition) is 1. The second-order valence-corrected chi connectivity index (χ2v) is 7.51. The van der Waals surface area contributed by atoms with E-state index in [0.29, 0.717) is 0 Å². The van der Waals surface area contributed by atoms with E-state index in [2.05, 4.69) is 10.0 Å². The molecule has 0 radical (unpaired) electrons. The third kappa shape index (κ3) is 6.67. The fraction of sp³-hybridized carbons (Fsp3) is 0.333. The molecule has 2 aromatic carbocycles. The van der Waals surface area contributed by atoms with Gasteiger partial charge >= 0.3 is 0 Å². The van der Waals surface area contributed by atoms with Crippen LogP contribution in [0.1, 0.15) is 11.1 Å². The molecular formula is C18H21N3O5S. The molecule has 0 aromatic heterocycles. The summed E-state index contributed by atoms with van der Waals surface area (Å²) in [6.45, 7) is 1.48. The van der Waals surface area contributed by atoms with E-state index >= 15 is 0 Å². The zero-order chi connectivity index (χ0) is 19.7. The molecule has 0 aliphatic carbocycles. The lowest BCUT2D eigenvalue weighted by Crippen LogP contribution is -2.33. The summed E-state index contributed by atoms with van der Waals surface area (Å²) < 4.78 is 34.7. The smallest absolute Gasteiger partial charge is 0.297 e. The highest BCUT2D eigenvalue weighted by Crippen LogP contribution is 2.14. The van der Waals surface area contributed by atoms with E-state index in [0.717, 1.165) is 11.1 Å². The maximum atomic E-state index is 12.2. The third-order valence-corrected chi connectivity index (χ3v) is 5.04. The Bertz CT molecular complexity index is 866. The summed E-state index contributed by atoms with van der Waals surface area (Å²) in [5.74, 6) is 0. The summed E-state index contributed by atoms with van der Waals surface area (Å²) in [5, 5.41) is 13.6. The molecule has 0 heterocycles. The van der Waals surface area contributed by atoms with Gasteiger partial charge in [0, 0.05) is 4.91 Å². The van der Waals surface area contributed by atoms with E-state index in [1.807, 2.05) is 37.3 Å². The molecule has 0 amide bonds. The highest BCUT2D eigenvalue weighted by Gasteiger charge is 2.23. The van der Waals surface area contributed by atoms with Gasteiger partial charge in [0.15, 0.2) is 0 Å². The predicted octanol–water partition coefficient (Wildman–Crippen LogP) is 2.96. The van der Waals surface area contributed by atoms with Crippen molar-refractivity contribution in [2.24, 2.45) is 5.11 Å². The molecule has 1 N–H and O–H groups in total. The molecule has 144 valence electrons. The van der Waals surface area contributed by atoms with Gasteiger partial charge in [0.25, 0.3) is 10.1 Å². The minimum Gasteiger partial charge on any atom is -0.390 e. The highest BCUT2D eigenvalue weighted by molar-refractivity contribution is 7.86. The molecule has 9 heteroatoms. The van der Waals surface area contributed by atoms with Crippen LogP contribution in [-0.4, -0.2) is 38.9 Å². The van der Waals surface area contributed by atoms with Gasteiger partial charge in [-0.2, -0.15) is 8.42 Å². The fourth-order valence-electron chi connectivity index (χ4n) is 2.20. The summed E-state index contributed by atoms with van der Waals surface area (Å²) in [6.07, 6.45) is -1.34. The fourth-order valence-corrected chi connectivity index (χ4v) is 3.13. The predicted molar refractivity (Wildman–Crippen MR) is 99.4 cm³/mol. The average Bonchev–Trinajstić information content (AvgIpc) is 2.67. The minimum atomic E-state index is -4.02. The van der Waals surface area contributed by atoms with Gasteiger partial charge in [-0.15, -0.1) is 0 Å². The van der Waals surface area contributed by atoms with Crippen LogP contribution in [0, 0.1) is 6.92 Å². The van der Waals surface area contributed by atoms with Gasteiger partial charge in [0.2, 0.25) is 0 Å². The number of ether oxygens (including phenoxy) is 1. The van der Waals surface area contributed by atoms with E-state index in [4.69, 9.17) is 14.5 Å². The van der Waals surface area contributed by atoms with E-state index in [1.54, 1.807) is 12.1 Å². The molecule has 27 heavy (non-hydrogen) atoms. The van der Waals surface area contributed by atoms with E-state index in [1.165, 1.54) is 12.1 Å². The molecule has 2 atom stereocenters. The molecule has 0 aliphatic heterocycles. The Morgan fingerprint density at radius 3 is 2.41 bits per heavy atom. The molecule has 0 saturated heterocycles. The Hall–Kier alpha value is -2.42. The van der Waals surface area contributed by atoms with Crippen molar-refractivity contribution in [2.45, 2.75) is 30.6 Å². The molecule has 0 bridgehead atoms. The Morgan fingerprint density at radius 2 is 1.78 bits per heavy atom. The van der Waals surface area contributed by atoms with E-state index in [-0.39, 0.29) is 18.1 Å². The molecule has 0 saturated carbocycles. The van der Waals surface area contributed by atoms with Crippen LogP contribution >= 0.6 is 0 Å². The Labute approximate surface area is 158 Å². The molecule has 0 fully saturated rings. The number of aliphatic hydroxyl groups excluding tert-OH is 1. The van der Waals surface area contributed by atoms with Crippen LogP contribution in [-0.2, 0) is 25.6 Å². The largest absolute Gasteiger partial charge is 0.390 e. The lowest BCUT2D eigenvalue weighted by atomic mass is 10.2. The first kappa shape index (κ1) is 20.9. The van der Waals surface area contributed by atoms with E-state index in [9.17, 15) is 13.5 Å². The molecule has 0 spiro atoms.